The standard InChI is InChI=1S/C11H18N4O2S/c16-10(17)8-18-11-12-13-14-15(11)7-3-6-9-4-1-2-5-9/h9H,1-8H2,(H,16,17). The Morgan fingerprint density at radius 3 is 2.94 bits per heavy atom. The first kappa shape index (κ1) is 13.3. The number of carboxylic acid groups (broad SMARTS) is 1. The van der Waals surface area contributed by atoms with Crippen LogP contribution >= 0.6 is 11.8 Å². The average Bonchev–Trinajstić information content (AvgIpc) is 2.97. The molecule has 0 aromatic carbocycles. The molecule has 6 nitrogen and oxygen atoms in total. The van der Waals surface area contributed by atoms with E-state index in [0.29, 0.717) is 5.16 Å². The fourth-order valence-corrected chi connectivity index (χ4v) is 3.02. The van der Waals surface area contributed by atoms with Gasteiger partial charge in [0, 0.05) is 6.54 Å². The van der Waals surface area contributed by atoms with Gasteiger partial charge in [-0.15, -0.1) is 5.10 Å². The second-order valence-electron chi connectivity index (χ2n) is 4.66. The molecule has 18 heavy (non-hydrogen) atoms. The molecule has 0 unspecified atom stereocenters. The number of hydrogen-bond donors (Lipinski definition) is 1. The predicted octanol–water partition coefficient (Wildman–Crippen LogP) is 1.82. The molecular formula is C11H18N4O2S. The molecular weight excluding hydrogens is 252 g/mol. The number of aliphatic carboxylic acids is 1. The van der Waals surface area contributed by atoms with Crippen LogP contribution < -0.4 is 0 Å². The van der Waals surface area contributed by atoms with E-state index >= 15 is 0 Å². The average molecular weight is 270 g/mol. The van der Waals surface area contributed by atoms with Gasteiger partial charge in [-0.1, -0.05) is 37.4 Å². The van der Waals surface area contributed by atoms with Crippen LogP contribution in [-0.2, 0) is 11.3 Å². The van der Waals surface area contributed by atoms with Gasteiger partial charge in [-0.2, -0.15) is 0 Å². The number of rotatable bonds is 7. The molecule has 1 saturated carbocycles. The second kappa shape index (κ2) is 6.72. The summed E-state index contributed by atoms with van der Waals surface area (Å²) in [5.74, 6) is 0.0281. The molecule has 0 radical (unpaired) electrons. The number of hydrogen-bond acceptors (Lipinski definition) is 5. The van der Waals surface area contributed by atoms with E-state index in [-0.39, 0.29) is 5.75 Å². The van der Waals surface area contributed by atoms with E-state index in [1.54, 1.807) is 4.68 Å². The lowest BCUT2D eigenvalue weighted by atomic mass is 10.0. The van der Waals surface area contributed by atoms with Crippen molar-refractivity contribution in [3.05, 3.63) is 0 Å². The van der Waals surface area contributed by atoms with Crippen LogP contribution in [0.2, 0.25) is 0 Å². The number of thioether (sulfide) groups is 1. The maximum absolute atomic E-state index is 10.5. The van der Waals surface area contributed by atoms with Crippen LogP contribution in [0.1, 0.15) is 38.5 Å². The Morgan fingerprint density at radius 1 is 1.44 bits per heavy atom. The van der Waals surface area contributed by atoms with Gasteiger partial charge in [0.2, 0.25) is 5.16 Å². The van der Waals surface area contributed by atoms with E-state index < -0.39 is 5.97 Å². The van der Waals surface area contributed by atoms with Gasteiger partial charge in [-0.3, -0.25) is 4.79 Å². The Labute approximate surface area is 110 Å². The molecule has 2 rings (SSSR count). The maximum atomic E-state index is 10.5. The Morgan fingerprint density at radius 2 is 2.22 bits per heavy atom. The minimum Gasteiger partial charge on any atom is -0.481 e. The third-order valence-corrected chi connectivity index (χ3v) is 4.22. The molecule has 1 heterocycles. The van der Waals surface area contributed by atoms with Gasteiger partial charge in [0.15, 0.2) is 0 Å². The largest absolute Gasteiger partial charge is 0.481 e. The molecule has 100 valence electrons. The molecule has 1 aliphatic carbocycles. The van der Waals surface area contributed by atoms with E-state index in [1.807, 2.05) is 0 Å². The summed E-state index contributed by atoms with van der Waals surface area (Å²) in [4.78, 5) is 10.5. The molecule has 0 atom stereocenters. The van der Waals surface area contributed by atoms with Gasteiger partial charge < -0.3 is 5.11 Å². The summed E-state index contributed by atoms with van der Waals surface area (Å²) in [6, 6.07) is 0. The second-order valence-corrected chi connectivity index (χ2v) is 5.60. The zero-order chi connectivity index (χ0) is 12.8. The highest BCUT2D eigenvalue weighted by atomic mass is 32.2. The summed E-state index contributed by atoms with van der Waals surface area (Å²) in [6.45, 7) is 0.783. The minimum absolute atomic E-state index is 0.00297. The first-order chi connectivity index (χ1) is 8.75. The van der Waals surface area contributed by atoms with Gasteiger partial charge in [0.1, 0.15) is 0 Å². The molecule has 1 aromatic rings. The molecule has 0 aliphatic heterocycles. The Hall–Kier alpha value is -1.11. The fraction of sp³-hybridized carbons (Fsp3) is 0.818. The van der Waals surface area contributed by atoms with Crippen molar-refractivity contribution in [3.63, 3.8) is 0 Å². The van der Waals surface area contributed by atoms with E-state index in [1.165, 1.54) is 43.9 Å². The smallest absolute Gasteiger partial charge is 0.313 e. The van der Waals surface area contributed by atoms with Crippen molar-refractivity contribution >= 4 is 17.7 Å². The van der Waals surface area contributed by atoms with Gasteiger partial charge in [-0.25, -0.2) is 4.68 Å². The molecule has 0 spiro atoms. The van der Waals surface area contributed by atoms with Crippen LogP contribution in [0, 0.1) is 5.92 Å². The van der Waals surface area contributed by atoms with Crippen molar-refractivity contribution in [2.24, 2.45) is 5.92 Å². The zero-order valence-corrected chi connectivity index (χ0v) is 11.1. The topological polar surface area (TPSA) is 80.9 Å². The van der Waals surface area contributed by atoms with Crippen LogP contribution in [0.3, 0.4) is 0 Å². The van der Waals surface area contributed by atoms with Crippen LogP contribution in [-0.4, -0.2) is 37.0 Å². The number of nitrogens with zero attached hydrogens (tertiary/aromatic N) is 4. The first-order valence-electron chi connectivity index (χ1n) is 6.36. The monoisotopic (exact) mass is 270 g/mol. The summed E-state index contributed by atoms with van der Waals surface area (Å²) < 4.78 is 1.71. The van der Waals surface area contributed by atoms with E-state index in [9.17, 15) is 4.79 Å². The van der Waals surface area contributed by atoms with Crippen molar-refractivity contribution in [2.75, 3.05) is 5.75 Å². The first-order valence-corrected chi connectivity index (χ1v) is 7.35. The van der Waals surface area contributed by atoms with E-state index in [4.69, 9.17) is 5.11 Å². The number of carbonyl (C=O) groups is 1. The van der Waals surface area contributed by atoms with Gasteiger partial charge in [-0.05, 0) is 29.2 Å². The molecule has 1 fully saturated rings. The maximum Gasteiger partial charge on any atom is 0.313 e. The number of aromatic nitrogens is 4. The van der Waals surface area contributed by atoms with Crippen molar-refractivity contribution in [2.45, 2.75) is 50.2 Å². The van der Waals surface area contributed by atoms with Gasteiger partial charge >= 0.3 is 5.97 Å². The lowest BCUT2D eigenvalue weighted by Gasteiger charge is -2.08. The van der Waals surface area contributed by atoms with Crippen molar-refractivity contribution in [1.29, 1.82) is 0 Å². The van der Waals surface area contributed by atoms with Crippen LogP contribution in [0.4, 0.5) is 0 Å². The number of aryl methyl sites for hydroxylation is 1. The highest BCUT2D eigenvalue weighted by Gasteiger charge is 2.15. The Kier molecular flexibility index (Phi) is 4.98. The highest BCUT2D eigenvalue weighted by molar-refractivity contribution is 7.99. The van der Waals surface area contributed by atoms with E-state index in [0.717, 1.165) is 18.9 Å². The van der Waals surface area contributed by atoms with Crippen molar-refractivity contribution in [1.82, 2.24) is 20.2 Å². The van der Waals surface area contributed by atoms with Crippen LogP contribution in [0.25, 0.3) is 0 Å². The van der Waals surface area contributed by atoms with Crippen LogP contribution in [0.15, 0.2) is 5.16 Å². The SMILES string of the molecule is O=C(O)CSc1nnnn1CCCC1CCCC1. The normalized spacial score (nSPS) is 16.2. The lowest BCUT2D eigenvalue weighted by Crippen LogP contribution is -2.06. The van der Waals surface area contributed by atoms with Gasteiger partial charge in [0.05, 0.1) is 5.75 Å². The Balaban J connectivity index is 1.74. The summed E-state index contributed by atoms with van der Waals surface area (Å²) in [7, 11) is 0. The number of tetrazole rings is 1. The lowest BCUT2D eigenvalue weighted by molar-refractivity contribution is -0.133. The highest BCUT2D eigenvalue weighted by Crippen LogP contribution is 2.28. The molecule has 1 aromatic heterocycles. The molecule has 7 heteroatoms. The van der Waals surface area contributed by atoms with Crippen molar-refractivity contribution < 1.29 is 9.90 Å². The summed E-state index contributed by atoms with van der Waals surface area (Å²) in [5.41, 5.74) is 0. The number of carboxylic acids is 1. The molecule has 1 N–H and O–H groups in total. The third-order valence-electron chi connectivity index (χ3n) is 3.28. The fourth-order valence-electron chi connectivity index (χ4n) is 2.40. The minimum atomic E-state index is -0.847. The quantitative estimate of drug-likeness (QED) is 0.761. The third kappa shape index (κ3) is 3.97. The molecule has 0 bridgehead atoms. The molecule has 0 amide bonds. The van der Waals surface area contributed by atoms with E-state index in [2.05, 4.69) is 15.5 Å². The van der Waals surface area contributed by atoms with Crippen molar-refractivity contribution in [3.8, 4) is 0 Å². The predicted molar refractivity (Wildman–Crippen MR) is 67.4 cm³/mol. The summed E-state index contributed by atoms with van der Waals surface area (Å²) >= 11 is 1.17. The summed E-state index contributed by atoms with van der Waals surface area (Å²) in [6.07, 6.45) is 7.75. The molecule has 0 saturated heterocycles. The molecule has 1 aliphatic rings. The van der Waals surface area contributed by atoms with Gasteiger partial charge in [0.25, 0.3) is 0 Å². The Bertz CT molecular complexity index is 390. The summed E-state index contributed by atoms with van der Waals surface area (Å²) in [5, 5.41) is 20.6. The zero-order valence-electron chi connectivity index (χ0n) is 10.3. The van der Waals surface area contributed by atoms with Crippen LogP contribution in [0.5, 0.6) is 0 Å².